The second-order valence-electron chi connectivity index (χ2n) is 2.21. The Morgan fingerprint density at radius 1 is 1.14 bits per heavy atom. The summed E-state index contributed by atoms with van der Waals surface area (Å²) in [4.78, 5) is 30.8. The number of carboxylic acids is 2. The van der Waals surface area contributed by atoms with Gasteiger partial charge in [-0.1, -0.05) is 0 Å². The van der Waals surface area contributed by atoms with E-state index in [1.165, 1.54) is 6.92 Å². The molecule has 0 fully saturated rings. The molecule has 0 atom stereocenters. The van der Waals surface area contributed by atoms with Crippen LogP contribution in [0.1, 0.15) is 6.92 Å². The molecule has 76 valence electrons. The Morgan fingerprint density at radius 3 is 2.14 bits per heavy atom. The normalized spacial score (nSPS) is 11.4. The maximum Gasteiger partial charge on any atom is 0.335 e. The molecule has 0 aliphatic carbocycles. The van der Waals surface area contributed by atoms with Gasteiger partial charge >= 0.3 is 17.9 Å². The first-order chi connectivity index (χ1) is 6.43. The Labute approximate surface area is 79.1 Å². The summed E-state index contributed by atoms with van der Waals surface area (Å²) in [5, 5.41) is 16.5. The lowest BCUT2D eigenvalue weighted by Crippen LogP contribution is -2.01. The molecular formula is C8H8O6. The molecule has 0 unspecified atom stereocenters. The van der Waals surface area contributed by atoms with Gasteiger partial charge in [-0.25, -0.2) is 14.4 Å². The number of aliphatic carboxylic acids is 2. The minimum absolute atomic E-state index is 0.165. The molecule has 0 heterocycles. The van der Waals surface area contributed by atoms with E-state index >= 15 is 0 Å². The van der Waals surface area contributed by atoms with Crippen molar-refractivity contribution < 1.29 is 29.3 Å². The van der Waals surface area contributed by atoms with Gasteiger partial charge in [-0.2, -0.15) is 0 Å². The van der Waals surface area contributed by atoms with Crippen LogP contribution < -0.4 is 0 Å². The molecule has 14 heavy (non-hydrogen) atoms. The van der Waals surface area contributed by atoms with Crippen LogP contribution in [-0.4, -0.2) is 28.1 Å². The monoisotopic (exact) mass is 200 g/mol. The highest BCUT2D eigenvalue weighted by Gasteiger charge is 2.01. The van der Waals surface area contributed by atoms with E-state index in [0.717, 1.165) is 6.26 Å². The zero-order valence-electron chi connectivity index (χ0n) is 7.26. The Kier molecular flexibility index (Phi) is 4.69. The molecule has 0 bridgehead atoms. The maximum absolute atomic E-state index is 10.7. The third-order valence-electron chi connectivity index (χ3n) is 1.05. The van der Waals surface area contributed by atoms with Crippen molar-refractivity contribution in [2.75, 3.05) is 0 Å². The molecule has 0 saturated heterocycles. The molecule has 0 spiro atoms. The first-order valence-electron chi connectivity index (χ1n) is 3.45. The Morgan fingerprint density at radius 2 is 1.71 bits per heavy atom. The van der Waals surface area contributed by atoms with Crippen LogP contribution in [0, 0.1) is 0 Å². The summed E-state index contributed by atoms with van der Waals surface area (Å²) in [5.74, 6) is -3.46. The smallest absolute Gasteiger partial charge is 0.335 e. The minimum Gasteiger partial charge on any atom is -0.478 e. The quantitative estimate of drug-likeness (QED) is 0.380. The second kappa shape index (κ2) is 5.52. The van der Waals surface area contributed by atoms with E-state index in [9.17, 15) is 14.4 Å². The van der Waals surface area contributed by atoms with Gasteiger partial charge < -0.3 is 14.9 Å². The van der Waals surface area contributed by atoms with Gasteiger partial charge in [-0.3, -0.25) is 0 Å². The van der Waals surface area contributed by atoms with Crippen molar-refractivity contribution in [2.24, 2.45) is 0 Å². The van der Waals surface area contributed by atoms with E-state index in [-0.39, 0.29) is 5.57 Å². The summed E-state index contributed by atoms with van der Waals surface area (Å²) in [6.45, 7) is 1.23. The fraction of sp³-hybridized carbons (Fsp3) is 0.125. The number of ether oxygens (including phenoxy) is 1. The van der Waals surface area contributed by atoms with Gasteiger partial charge in [0.1, 0.15) is 6.26 Å². The van der Waals surface area contributed by atoms with Crippen LogP contribution in [-0.2, 0) is 19.1 Å². The number of carboxylic acid groups (broad SMARTS) is 2. The summed E-state index contributed by atoms with van der Waals surface area (Å²) in [6.07, 6.45) is 2.00. The van der Waals surface area contributed by atoms with Gasteiger partial charge in [-0.15, -0.1) is 0 Å². The Hall–Kier alpha value is -2.11. The van der Waals surface area contributed by atoms with Crippen molar-refractivity contribution in [3.8, 4) is 0 Å². The predicted octanol–water partition coefficient (Wildman–Crippen LogP) is 0.159. The highest BCUT2D eigenvalue weighted by Crippen LogP contribution is 1.93. The lowest BCUT2D eigenvalue weighted by molar-refractivity contribution is -0.135. The SMILES string of the molecule is CC(=COC(=O)/C=C\C(=O)O)C(=O)O. The van der Waals surface area contributed by atoms with Gasteiger partial charge in [-0.05, 0) is 6.92 Å². The van der Waals surface area contributed by atoms with Crippen LogP contribution in [0.15, 0.2) is 24.0 Å². The fourth-order valence-corrected chi connectivity index (χ4v) is 0.375. The van der Waals surface area contributed by atoms with Crippen molar-refractivity contribution in [3.63, 3.8) is 0 Å². The molecule has 0 aliphatic heterocycles. The summed E-state index contributed by atoms with van der Waals surface area (Å²) in [5.41, 5.74) is -0.165. The van der Waals surface area contributed by atoms with E-state index in [4.69, 9.17) is 10.2 Å². The zero-order chi connectivity index (χ0) is 11.1. The van der Waals surface area contributed by atoms with Gasteiger partial charge in [0.25, 0.3) is 0 Å². The summed E-state index contributed by atoms with van der Waals surface area (Å²) < 4.78 is 4.28. The highest BCUT2D eigenvalue weighted by atomic mass is 16.5. The summed E-state index contributed by atoms with van der Waals surface area (Å²) in [6, 6.07) is 0. The Bertz CT molecular complexity index is 312. The maximum atomic E-state index is 10.7. The molecule has 0 amide bonds. The Balaban J connectivity index is 4.16. The third kappa shape index (κ3) is 5.53. The topological polar surface area (TPSA) is 101 Å². The molecule has 0 radical (unpaired) electrons. The highest BCUT2D eigenvalue weighted by molar-refractivity contribution is 5.91. The van der Waals surface area contributed by atoms with E-state index in [0.29, 0.717) is 12.2 Å². The first-order valence-corrected chi connectivity index (χ1v) is 3.45. The molecule has 0 aromatic carbocycles. The fourth-order valence-electron chi connectivity index (χ4n) is 0.375. The van der Waals surface area contributed by atoms with Crippen molar-refractivity contribution in [1.82, 2.24) is 0 Å². The lowest BCUT2D eigenvalue weighted by Gasteiger charge is -1.93. The van der Waals surface area contributed by atoms with Crippen LogP contribution in [0.2, 0.25) is 0 Å². The van der Waals surface area contributed by atoms with Crippen LogP contribution in [0.3, 0.4) is 0 Å². The van der Waals surface area contributed by atoms with E-state index in [2.05, 4.69) is 4.74 Å². The molecule has 6 nitrogen and oxygen atoms in total. The average Bonchev–Trinajstić information content (AvgIpc) is 2.10. The molecule has 0 aromatic heterocycles. The molecular weight excluding hydrogens is 192 g/mol. The molecule has 0 rings (SSSR count). The average molecular weight is 200 g/mol. The zero-order valence-corrected chi connectivity index (χ0v) is 7.26. The molecule has 0 aliphatic rings. The second-order valence-corrected chi connectivity index (χ2v) is 2.21. The first kappa shape index (κ1) is 11.9. The standard InChI is InChI=1S/C8H8O6/c1-5(8(12)13)4-14-7(11)3-2-6(9)10/h2-4H,1H3,(H,9,10)(H,12,13)/b3-2-,5-4?. The molecule has 6 heteroatoms. The van der Waals surface area contributed by atoms with Crippen molar-refractivity contribution >= 4 is 17.9 Å². The predicted molar refractivity (Wildman–Crippen MR) is 44.3 cm³/mol. The van der Waals surface area contributed by atoms with E-state index in [1.54, 1.807) is 0 Å². The van der Waals surface area contributed by atoms with Gasteiger partial charge in [0.05, 0.1) is 5.57 Å². The van der Waals surface area contributed by atoms with Crippen molar-refractivity contribution in [3.05, 3.63) is 24.0 Å². The largest absolute Gasteiger partial charge is 0.478 e. The summed E-state index contributed by atoms with van der Waals surface area (Å²) in [7, 11) is 0. The number of carbonyl (C=O) groups is 3. The third-order valence-corrected chi connectivity index (χ3v) is 1.05. The molecule has 0 saturated carbocycles. The van der Waals surface area contributed by atoms with E-state index < -0.39 is 17.9 Å². The number of hydrogen-bond donors (Lipinski definition) is 2. The van der Waals surface area contributed by atoms with Crippen LogP contribution in [0.25, 0.3) is 0 Å². The number of carbonyl (C=O) groups excluding carboxylic acids is 1. The van der Waals surface area contributed by atoms with Crippen molar-refractivity contribution in [1.29, 1.82) is 0 Å². The van der Waals surface area contributed by atoms with Gasteiger partial charge in [0, 0.05) is 12.2 Å². The van der Waals surface area contributed by atoms with Crippen molar-refractivity contribution in [2.45, 2.75) is 6.92 Å². The summed E-state index contributed by atoms with van der Waals surface area (Å²) >= 11 is 0. The number of rotatable bonds is 4. The van der Waals surface area contributed by atoms with Crippen LogP contribution in [0.4, 0.5) is 0 Å². The van der Waals surface area contributed by atoms with Gasteiger partial charge in [0.15, 0.2) is 0 Å². The number of hydrogen-bond acceptors (Lipinski definition) is 4. The van der Waals surface area contributed by atoms with Crippen LogP contribution >= 0.6 is 0 Å². The van der Waals surface area contributed by atoms with E-state index in [1.807, 2.05) is 0 Å². The minimum atomic E-state index is -1.29. The van der Waals surface area contributed by atoms with Gasteiger partial charge in [0.2, 0.25) is 0 Å². The van der Waals surface area contributed by atoms with Crippen LogP contribution in [0.5, 0.6) is 0 Å². The molecule has 2 N–H and O–H groups in total. The number of esters is 1. The lowest BCUT2D eigenvalue weighted by atomic mass is 10.3. The molecule has 0 aromatic rings.